The normalized spacial score (nSPS) is 26.2. The van der Waals surface area contributed by atoms with Crippen LogP contribution in [0.5, 0.6) is 0 Å². The van der Waals surface area contributed by atoms with Gasteiger partial charge in [-0.1, -0.05) is 54.4 Å². The second-order valence-corrected chi connectivity index (χ2v) is 22.1. The number of ether oxygens (including phenoxy) is 1. The van der Waals surface area contributed by atoms with E-state index >= 15 is 0 Å². The zero-order valence-corrected chi connectivity index (χ0v) is 24.0. The fourth-order valence-corrected chi connectivity index (χ4v) is 10.6. The van der Waals surface area contributed by atoms with Crippen LogP contribution in [0.4, 0.5) is 0 Å². The van der Waals surface area contributed by atoms with E-state index in [1.165, 1.54) is 29.5 Å². The van der Waals surface area contributed by atoms with Crippen molar-refractivity contribution in [3.05, 3.63) is 32.6 Å². The van der Waals surface area contributed by atoms with Crippen LogP contribution in [-0.2, 0) is 13.6 Å². The van der Waals surface area contributed by atoms with Crippen LogP contribution in [0.3, 0.4) is 0 Å². The quantitative estimate of drug-likeness (QED) is 0.555. The SMILES string of the molecule is Cc1cn([C@@H]2CC(O[Si]3(C(C)(C)C)CCCC3)[C@H](CO[Si](C)(C)C(C)(C)C)O2)c(=O)[nH]c1=O. The van der Waals surface area contributed by atoms with Crippen molar-refractivity contribution >= 4 is 16.6 Å². The summed E-state index contributed by atoms with van der Waals surface area (Å²) in [5, 5.41) is 0.235. The zero-order valence-electron chi connectivity index (χ0n) is 22.0. The van der Waals surface area contributed by atoms with Crippen LogP contribution >= 0.6 is 0 Å². The molecule has 2 fully saturated rings. The molecule has 2 aliphatic rings. The molecule has 188 valence electrons. The highest BCUT2D eigenvalue weighted by Gasteiger charge is 2.52. The van der Waals surface area contributed by atoms with Gasteiger partial charge in [-0.15, -0.1) is 0 Å². The van der Waals surface area contributed by atoms with Crippen LogP contribution in [-0.4, -0.2) is 45.0 Å². The second kappa shape index (κ2) is 9.22. The van der Waals surface area contributed by atoms with Crippen molar-refractivity contribution in [1.29, 1.82) is 0 Å². The molecule has 0 saturated carbocycles. The molecule has 0 spiro atoms. The molecule has 33 heavy (non-hydrogen) atoms. The van der Waals surface area contributed by atoms with Gasteiger partial charge in [0.05, 0.1) is 12.7 Å². The van der Waals surface area contributed by atoms with Gasteiger partial charge < -0.3 is 13.6 Å². The predicted molar refractivity (Wildman–Crippen MR) is 137 cm³/mol. The van der Waals surface area contributed by atoms with Crippen molar-refractivity contribution in [2.24, 2.45) is 0 Å². The molecule has 0 bridgehead atoms. The van der Waals surface area contributed by atoms with Gasteiger partial charge in [-0.05, 0) is 42.2 Å². The van der Waals surface area contributed by atoms with Crippen molar-refractivity contribution in [2.45, 2.75) is 121 Å². The van der Waals surface area contributed by atoms with E-state index in [9.17, 15) is 9.59 Å². The third-order valence-electron chi connectivity index (χ3n) is 8.21. The Hall–Kier alpha value is -1.01. The monoisotopic (exact) mass is 496 g/mol. The van der Waals surface area contributed by atoms with Crippen molar-refractivity contribution in [3.63, 3.8) is 0 Å². The van der Waals surface area contributed by atoms with Gasteiger partial charge in [-0.2, -0.15) is 0 Å². The second-order valence-electron chi connectivity index (χ2n) is 12.5. The number of hydrogen-bond donors (Lipinski definition) is 1. The van der Waals surface area contributed by atoms with Gasteiger partial charge in [0.2, 0.25) is 0 Å². The number of aryl methyl sites for hydroxylation is 1. The number of hydrogen-bond acceptors (Lipinski definition) is 5. The number of rotatable bonds is 6. The first kappa shape index (κ1) is 26.6. The Balaban J connectivity index is 1.89. The van der Waals surface area contributed by atoms with Crippen molar-refractivity contribution in [1.82, 2.24) is 9.55 Å². The highest BCUT2D eigenvalue weighted by Crippen LogP contribution is 2.50. The number of H-pyrrole nitrogens is 1. The summed E-state index contributed by atoms with van der Waals surface area (Å²) in [4.78, 5) is 26.9. The summed E-state index contributed by atoms with van der Waals surface area (Å²) in [6.07, 6.45) is 3.81. The van der Waals surface area contributed by atoms with E-state index in [4.69, 9.17) is 13.6 Å². The lowest BCUT2D eigenvalue weighted by Gasteiger charge is -2.42. The third-order valence-corrected chi connectivity index (χ3v) is 18.5. The first-order chi connectivity index (χ1) is 15.1. The van der Waals surface area contributed by atoms with Gasteiger partial charge in [-0.3, -0.25) is 14.3 Å². The molecular weight excluding hydrogens is 452 g/mol. The standard InChI is InChI=1S/C24H44N2O5Si2/c1-17-15-26(22(28)25-21(17)27)20-14-18(31-33(24(5,6)7)12-10-11-13-33)19(30-20)16-29-32(8,9)23(2,3)4/h15,18-20H,10-14,16H2,1-9H3,(H,25,27,28)/t18?,19-,20-/m0/s1. The molecule has 2 saturated heterocycles. The predicted octanol–water partition coefficient (Wildman–Crippen LogP) is 5.08. The minimum atomic E-state index is -1.99. The summed E-state index contributed by atoms with van der Waals surface area (Å²) >= 11 is 0. The van der Waals surface area contributed by atoms with E-state index in [0.717, 1.165) is 0 Å². The molecule has 2 aliphatic heterocycles. The maximum absolute atomic E-state index is 12.6. The van der Waals surface area contributed by atoms with Gasteiger partial charge in [0, 0.05) is 18.2 Å². The molecule has 3 heterocycles. The molecule has 9 heteroatoms. The molecule has 3 atom stereocenters. The van der Waals surface area contributed by atoms with E-state index in [1.807, 2.05) is 0 Å². The van der Waals surface area contributed by atoms with Crippen molar-refractivity contribution in [2.75, 3.05) is 6.61 Å². The summed E-state index contributed by atoms with van der Waals surface area (Å²) in [5.41, 5.74) is -0.304. The Morgan fingerprint density at radius 3 is 2.30 bits per heavy atom. The summed E-state index contributed by atoms with van der Waals surface area (Å²) in [6.45, 7) is 20.3. The lowest BCUT2D eigenvalue weighted by molar-refractivity contribution is -0.0415. The smallest absolute Gasteiger partial charge is 0.330 e. The maximum atomic E-state index is 12.6. The summed E-state index contributed by atoms with van der Waals surface area (Å²) < 4.78 is 21.6. The van der Waals surface area contributed by atoms with Gasteiger partial charge >= 0.3 is 5.69 Å². The average molecular weight is 497 g/mol. The maximum Gasteiger partial charge on any atom is 0.330 e. The molecule has 0 radical (unpaired) electrons. The topological polar surface area (TPSA) is 82.6 Å². The first-order valence-corrected chi connectivity index (χ1v) is 17.6. The molecule has 3 rings (SSSR count). The summed E-state index contributed by atoms with van der Waals surface area (Å²) in [5.74, 6) is 0. The van der Waals surface area contributed by atoms with Crippen LogP contribution < -0.4 is 11.2 Å². The van der Waals surface area contributed by atoms with E-state index in [0.29, 0.717) is 18.6 Å². The molecule has 0 amide bonds. The first-order valence-electron chi connectivity index (χ1n) is 12.4. The third kappa shape index (κ3) is 5.47. The Kier molecular flexibility index (Phi) is 7.43. The van der Waals surface area contributed by atoms with Crippen LogP contribution in [0.2, 0.25) is 35.3 Å². The molecule has 1 N–H and O–H groups in total. The molecule has 0 aromatic carbocycles. The average Bonchev–Trinajstić information content (AvgIpc) is 3.30. The Labute approximate surface area is 200 Å². The van der Waals surface area contributed by atoms with Crippen molar-refractivity contribution in [3.8, 4) is 0 Å². The van der Waals surface area contributed by atoms with E-state index < -0.39 is 28.6 Å². The molecule has 7 nitrogen and oxygen atoms in total. The van der Waals surface area contributed by atoms with Crippen molar-refractivity contribution < 1.29 is 13.6 Å². The minimum absolute atomic E-state index is 0.0984. The van der Waals surface area contributed by atoms with E-state index in [1.54, 1.807) is 13.1 Å². The van der Waals surface area contributed by atoms with Crippen LogP contribution in [0.25, 0.3) is 0 Å². The molecule has 0 aliphatic carbocycles. The van der Waals surface area contributed by atoms with Gasteiger partial charge in [0.25, 0.3) is 5.56 Å². The lowest BCUT2D eigenvalue weighted by atomic mass is 10.2. The minimum Gasteiger partial charge on any atom is -0.414 e. The van der Waals surface area contributed by atoms with Crippen LogP contribution in [0.1, 0.15) is 72.6 Å². The van der Waals surface area contributed by atoms with Gasteiger partial charge in [0.15, 0.2) is 16.6 Å². The number of nitrogens with zero attached hydrogens (tertiary/aromatic N) is 1. The summed E-state index contributed by atoms with van der Waals surface area (Å²) in [6, 6.07) is 2.34. The van der Waals surface area contributed by atoms with E-state index in [2.05, 4.69) is 59.6 Å². The molecular formula is C24H44N2O5Si2. The fourth-order valence-electron chi connectivity index (χ4n) is 4.73. The summed E-state index contributed by atoms with van der Waals surface area (Å²) in [7, 11) is -3.96. The van der Waals surface area contributed by atoms with Gasteiger partial charge in [-0.25, -0.2) is 4.79 Å². The molecule has 1 aromatic rings. The Morgan fingerprint density at radius 2 is 1.76 bits per heavy atom. The van der Waals surface area contributed by atoms with E-state index in [-0.39, 0.29) is 27.8 Å². The van der Waals surface area contributed by atoms with Crippen LogP contribution in [0, 0.1) is 6.92 Å². The van der Waals surface area contributed by atoms with Crippen LogP contribution in [0.15, 0.2) is 15.8 Å². The number of nitrogens with one attached hydrogen (secondary N) is 1. The Bertz CT molecular complexity index is 951. The lowest BCUT2D eigenvalue weighted by Crippen LogP contribution is -2.50. The molecule has 1 unspecified atom stereocenters. The number of aromatic amines is 1. The highest BCUT2D eigenvalue weighted by atomic mass is 28.4. The Morgan fingerprint density at radius 1 is 1.15 bits per heavy atom. The molecule has 1 aromatic heterocycles. The fraction of sp³-hybridized carbons (Fsp3) is 0.833. The number of aromatic nitrogens is 2. The highest BCUT2D eigenvalue weighted by molar-refractivity contribution is 6.77. The van der Waals surface area contributed by atoms with Gasteiger partial charge in [0.1, 0.15) is 12.3 Å². The largest absolute Gasteiger partial charge is 0.414 e. The zero-order chi connectivity index (χ0) is 24.8.